The highest BCUT2D eigenvalue weighted by atomic mass is 16.5. The second-order valence-corrected chi connectivity index (χ2v) is 2.17. The van der Waals surface area contributed by atoms with Crippen LogP contribution in [0.4, 0.5) is 0 Å². The third-order valence-corrected chi connectivity index (χ3v) is 0.602. The minimum absolute atomic E-state index is 0.304. The number of rotatable bonds is 3. The maximum atomic E-state index is 5.12. The molecule has 0 aliphatic rings. The number of hydrogen-bond donors (Lipinski definition) is 1. The smallest absolute Gasteiger partial charge is 0.176 e. The first-order valence-electron chi connectivity index (χ1n) is 2.70. The lowest BCUT2D eigenvalue weighted by atomic mass is 10.2. The summed E-state index contributed by atoms with van der Waals surface area (Å²) in [7, 11) is 0. The molecule has 0 aromatic carbocycles. The first-order chi connectivity index (χ1) is 3.63. The highest BCUT2D eigenvalue weighted by Crippen LogP contribution is 1.93. The Bertz CT molecular complexity index is 78.6. The molecular weight excluding hydrogens is 102 g/mol. The summed E-state index contributed by atoms with van der Waals surface area (Å²) in [6, 6.07) is 0. The lowest BCUT2D eigenvalue weighted by molar-refractivity contribution is 0.178. The van der Waals surface area contributed by atoms with Gasteiger partial charge in [-0.25, -0.2) is 0 Å². The predicted molar refractivity (Wildman–Crippen MR) is 34.1 cm³/mol. The van der Waals surface area contributed by atoms with Crippen molar-refractivity contribution in [2.45, 2.75) is 13.8 Å². The molecule has 0 rings (SSSR count). The standard InChI is InChI=1S/C6H13NO/c1-5(2)4-8-6(3)7/h5H,3-4,7H2,1-2H3. The Kier molecular flexibility index (Phi) is 3.08. The topological polar surface area (TPSA) is 35.2 Å². The van der Waals surface area contributed by atoms with E-state index < -0.39 is 0 Å². The minimum atomic E-state index is 0.304. The van der Waals surface area contributed by atoms with Crippen molar-refractivity contribution in [2.75, 3.05) is 6.61 Å². The van der Waals surface area contributed by atoms with Crippen LogP contribution in [0.3, 0.4) is 0 Å². The summed E-state index contributed by atoms with van der Waals surface area (Å²) in [5.41, 5.74) is 5.12. The molecule has 0 fully saturated rings. The summed E-state index contributed by atoms with van der Waals surface area (Å²) in [5.74, 6) is 0.828. The summed E-state index contributed by atoms with van der Waals surface area (Å²) in [5, 5.41) is 0. The molecule has 0 aromatic rings. The quantitative estimate of drug-likeness (QED) is 0.559. The van der Waals surface area contributed by atoms with E-state index in [1.54, 1.807) is 0 Å². The number of nitrogens with two attached hydrogens (primary N) is 1. The van der Waals surface area contributed by atoms with Crippen LogP contribution in [0, 0.1) is 5.92 Å². The monoisotopic (exact) mass is 115 g/mol. The lowest BCUT2D eigenvalue weighted by Crippen LogP contribution is -2.06. The van der Waals surface area contributed by atoms with Crippen LogP contribution < -0.4 is 5.73 Å². The molecule has 0 aromatic heterocycles. The molecule has 0 aliphatic carbocycles. The first kappa shape index (κ1) is 7.34. The van der Waals surface area contributed by atoms with Crippen molar-refractivity contribution in [3.05, 3.63) is 12.5 Å². The second kappa shape index (κ2) is 3.36. The second-order valence-electron chi connectivity index (χ2n) is 2.17. The van der Waals surface area contributed by atoms with E-state index in [2.05, 4.69) is 20.4 Å². The lowest BCUT2D eigenvalue weighted by Gasteiger charge is -2.05. The number of hydrogen-bond acceptors (Lipinski definition) is 2. The molecule has 0 saturated heterocycles. The molecule has 0 radical (unpaired) electrons. The van der Waals surface area contributed by atoms with E-state index in [9.17, 15) is 0 Å². The van der Waals surface area contributed by atoms with E-state index in [4.69, 9.17) is 10.5 Å². The largest absolute Gasteiger partial charge is 0.480 e. The Labute approximate surface area is 50.3 Å². The highest BCUT2D eigenvalue weighted by molar-refractivity contribution is 4.70. The Morgan fingerprint density at radius 3 is 2.38 bits per heavy atom. The molecule has 2 N–H and O–H groups in total. The Balaban J connectivity index is 3.05. The van der Waals surface area contributed by atoms with Crippen LogP contribution >= 0.6 is 0 Å². The molecule has 0 unspecified atom stereocenters. The Hall–Kier alpha value is -0.660. The highest BCUT2D eigenvalue weighted by Gasteiger charge is 1.91. The Morgan fingerprint density at radius 1 is 1.75 bits per heavy atom. The Morgan fingerprint density at radius 2 is 2.25 bits per heavy atom. The third kappa shape index (κ3) is 5.34. The zero-order valence-corrected chi connectivity index (χ0v) is 5.48. The normalized spacial score (nSPS) is 9.38. The molecule has 0 spiro atoms. The number of ether oxygens (including phenoxy) is 1. The van der Waals surface area contributed by atoms with Crippen molar-refractivity contribution in [1.82, 2.24) is 0 Å². The van der Waals surface area contributed by atoms with E-state index in [1.165, 1.54) is 0 Å². The van der Waals surface area contributed by atoms with Gasteiger partial charge in [0.2, 0.25) is 0 Å². The van der Waals surface area contributed by atoms with Gasteiger partial charge in [0, 0.05) is 0 Å². The maximum absolute atomic E-state index is 5.12. The van der Waals surface area contributed by atoms with E-state index in [1.807, 2.05) is 0 Å². The molecule has 0 atom stereocenters. The predicted octanol–water partition coefficient (Wildman–Crippen LogP) is 1.09. The van der Waals surface area contributed by atoms with Gasteiger partial charge in [-0.1, -0.05) is 13.8 Å². The first-order valence-corrected chi connectivity index (χ1v) is 2.70. The molecule has 0 amide bonds. The van der Waals surface area contributed by atoms with Crippen molar-refractivity contribution >= 4 is 0 Å². The average molecular weight is 115 g/mol. The van der Waals surface area contributed by atoms with Crippen LogP contribution in [0.15, 0.2) is 12.5 Å². The van der Waals surface area contributed by atoms with E-state index in [0.717, 1.165) is 0 Å². The molecule has 0 saturated carbocycles. The fraction of sp³-hybridized carbons (Fsp3) is 0.667. The van der Waals surface area contributed by atoms with Gasteiger partial charge in [-0.2, -0.15) is 0 Å². The van der Waals surface area contributed by atoms with Crippen molar-refractivity contribution in [3.8, 4) is 0 Å². The van der Waals surface area contributed by atoms with E-state index >= 15 is 0 Å². The molecule has 0 heterocycles. The molecule has 48 valence electrons. The van der Waals surface area contributed by atoms with Crippen molar-refractivity contribution in [2.24, 2.45) is 11.7 Å². The van der Waals surface area contributed by atoms with Crippen LogP contribution in [-0.2, 0) is 4.74 Å². The van der Waals surface area contributed by atoms with Gasteiger partial charge in [0.05, 0.1) is 6.61 Å². The van der Waals surface area contributed by atoms with Gasteiger partial charge in [0.15, 0.2) is 5.88 Å². The summed E-state index contributed by atoms with van der Waals surface area (Å²) < 4.78 is 4.89. The van der Waals surface area contributed by atoms with Crippen molar-refractivity contribution in [1.29, 1.82) is 0 Å². The SMILES string of the molecule is C=C(N)OCC(C)C. The van der Waals surface area contributed by atoms with Gasteiger partial charge in [0.1, 0.15) is 0 Å². The van der Waals surface area contributed by atoms with Gasteiger partial charge in [0.25, 0.3) is 0 Å². The fourth-order valence-corrected chi connectivity index (χ4v) is 0.274. The fourth-order valence-electron chi connectivity index (χ4n) is 0.274. The van der Waals surface area contributed by atoms with Crippen molar-refractivity contribution in [3.63, 3.8) is 0 Å². The van der Waals surface area contributed by atoms with E-state index in [0.29, 0.717) is 18.4 Å². The molecule has 8 heavy (non-hydrogen) atoms. The van der Waals surface area contributed by atoms with Crippen LogP contribution in [0.1, 0.15) is 13.8 Å². The van der Waals surface area contributed by atoms with Crippen LogP contribution in [0.5, 0.6) is 0 Å². The molecule has 0 aliphatic heterocycles. The van der Waals surface area contributed by atoms with Crippen LogP contribution in [0.2, 0.25) is 0 Å². The van der Waals surface area contributed by atoms with Gasteiger partial charge in [-0.3, -0.25) is 0 Å². The van der Waals surface area contributed by atoms with Gasteiger partial charge in [-0.15, -0.1) is 0 Å². The van der Waals surface area contributed by atoms with Gasteiger partial charge >= 0.3 is 0 Å². The zero-order chi connectivity index (χ0) is 6.57. The van der Waals surface area contributed by atoms with Gasteiger partial charge in [-0.05, 0) is 12.5 Å². The molecule has 2 nitrogen and oxygen atoms in total. The summed E-state index contributed by atoms with van der Waals surface area (Å²) in [6.45, 7) is 8.16. The summed E-state index contributed by atoms with van der Waals surface area (Å²) >= 11 is 0. The van der Waals surface area contributed by atoms with Crippen LogP contribution in [-0.4, -0.2) is 6.61 Å². The average Bonchev–Trinajstić information content (AvgIpc) is 1.61. The molecular formula is C6H13NO. The zero-order valence-electron chi connectivity index (χ0n) is 5.48. The molecule has 0 bridgehead atoms. The van der Waals surface area contributed by atoms with E-state index in [-0.39, 0.29) is 0 Å². The summed E-state index contributed by atoms with van der Waals surface area (Å²) in [6.07, 6.45) is 0. The van der Waals surface area contributed by atoms with Crippen molar-refractivity contribution < 1.29 is 4.74 Å². The minimum Gasteiger partial charge on any atom is -0.480 e. The van der Waals surface area contributed by atoms with Crippen LogP contribution in [0.25, 0.3) is 0 Å². The maximum Gasteiger partial charge on any atom is 0.176 e. The van der Waals surface area contributed by atoms with Gasteiger partial charge < -0.3 is 10.5 Å². The molecule has 2 heteroatoms. The third-order valence-electron chi connectivity index (χ3n) is 0.602. The summed E-state index contributed by atoms with van der Waals surface area (Å²) in [4.78, 5) is 0.